The fourth-order valence-corrected chi connectivity index (χ4v) is 2.54. The monoisotopic (exact) mass is 253 g/mol. The number of sulfonamides is 1. The predicted molar refractivity (Wildman–Crippen MR) is 66.6 cm³/mol. The zero-order valence-electron chi connectivity index (χ0n) is 9.86. The molecule has 4 nitrogen and oxygen atoms in total. The SMILES string of the molecule is C=C=CCNS(=O)(=O)c1ccc(OC)cc1C. The Labute approximate surface area is 102 Å². The average Bonchev–Trinajstić information content (AvgIpc) is 2.28. The molecule has 0 aliphatic rings. The van der Waals surface area contributed by atoms with E-state index in [1.165, 1.54) is 19.3 Å². The predicted octanol–water partition coefficient (Wildman–Crippen LogP) is 1.62. The summed E-state index contributed by atoms with van der Waals surface area (Å²) in [4.78, 5) is 0.246. The lowest BCUT2D eigenvalue weighted by Crippen LogP contribution is -2.24. The highest BCUT2D eigenvalue weighted by Gasteiger charge is 2.15. The quantitative estimate of drug-likeness (QED) is 0.811. The second-order valence-corrected chi connectivity index (χ2v) is 5.13. The Morgan fingerprint density at radius 1 is 1.53 bits per heavy atom. The van der Waals surface area contributed by atoms with E-state index in [1.54, 1.807) is 19.1 Å². The van der Waals surface area contributed by atoms with Gasteiger partial charge in [-0.1, -0.05) is 6.58 Å². The van der Waals surface area contributed by atoms with Crippen molar-refractivity contribution in [3.05, 3.63) is 42.1 Å². The van der Waals surface area contributed by atoms with Crippen LogP contribution in [0.25, 0.3) is 0 Å². The maximum Gasteiger partial charge on any atom is 0.241 e. The molecule has 0 aliphatic carbocycles. The van der Waals surface area contributed by atoms with Gasteiger partial charge in [0, 0.05) is 6.54 Å². The van der Waals surface area contributed by atoms with Crippen LogP contribution in [0.3, 0.4) is 0 Å². The molecule has 1 N–H and O–H groups in total. The maximum atomic E-state index is 11.9. The summed E-state index contributed by atoms with van der Waals surface area (Å²) in [6.45, 7) is 5.26. The number of methoxy groups -OCH3 is 1. The Morgan fingerprint density at radius 3 is 2.76 bits per heavy atom. The summed E-state index contributed by atoms with van der Waals surface area (Å²) in [5.74, 6) is 0.632. The van der Waals surface area contributed by atoms with Crippen LogP contribution in [0.5, 0.6) is 5.75 Å². The van der Waals surface area contributed by atoms with E-state index in [1.807, 2.05) is 0 Å². The number of hydrogen-bond donors (Lipinski definition) is 1. The van der Waals surface area contributed by atoms with E-state index in [9.17, 15) is 8.42 Å². The van der Waals surface area contributed by atoms with Crippen molar-refractivity contribution in [2.45, 2.75) is 11.8 Å². The van der Waals surface area contributed by atoms with Crippen LogP contribution in [0.1, 0.15) is 5.56 Å². The first-order valence-electron chi connectivity index (χ1n) is 5.00. The highest BCUT2D eigenvalue weighted by atomic mass is 32.2. The highest BCUT2D eigenvalue weighted by molar-refractivity contribution is 7.89. The molecule has 0 amide bonds. The molecule has 1 rings (SSSR count). The second-order valence-electron chi connectivity index (χ2n) is 3.39. The molecule has 0 heterocycles. The van der Waals surface area contributed by atoms with Gasteiger partial charge in [-0.2, -0.15) is 0 Å². The van der Waals surface area contributed by atoms with E-state index in [2.05, 4.69) is 17.0 Å². The van der Waals surface area contributed by atoms with Gasteiger partial charge >= 0.3 is 0 Å². The third kappa shape index (κ3) is 3.46. The number of ether oxygens (including phenoxy) is 1. The molecule has 0 saturated carbocycles. The van der Waals surface area contributed by atoms with Gasteiger partial charge in [-0.25, -0.2) is 13.1 Å². The molecule has 0 aromatic heterocycles. The number of nitrogens with one attached hydrogen (secondary N) is 1. The standard InChI is InChI=1S/C12H15NO3S/c1-4-5-8-13-17(14,15)12-7-6-11(16-3)9-10(12)2/h5-7,9,13H,1,8H2,2-3H3. The van der Waals surface area contributed by atoms with Crippen LogP contribution in [0.15, 0.2) is 41.5 Å². The summed E-state index contributed by atoms with van der Waals surface area (Å²) in [5, 5.41) is 0. The largest absolute Gasteiger partial charge is 0.497 e. The minimum absolute atomic E-state index is 0.178. The van der Waals surface area contributed by atoms with Gasteiger partial charge in [0.2, 0.25) is 10.0 Å². The lowest BCUT2D eigenvalue weighted by atomic mass is 10.2. The Bertz CT molecular complexity index is 543. The van der Waals surface area contributed by atoms with Crippen LogP contribution in [0.4, 0.5) is 0 Å². The molecule has 0 atom stereocenters. The van der Waals surface area contributed by atoms with Crippen LogP contribution in [-0.2, 0) is 10.0 Å². The Morgan fingerprint density at radius 2 is 2.24 bits per heavy atom. The van der Waals surface area contributed by atoms with Crippen molar-refractivity contribution in [1.29, 1.82) is 0 Å². The van der Waals surface area contributed by atoms with Crippen LogP contribution in [0, 0.1) is 6.92 Å². The zero-order valence-corrected chi connectivity index (χ0v) is 10.7. The van der Waals surface area contributed by atoms with Gasteiger partial charge in [-0.05, 0) is 36.8 Å². The van der Waals surface area contributed by atoms with Crippen LogP contribution >= 0.6 is 0 Å². The van der Waals surface area contributed by atoms with E-state index in [4.69, 9.17) is 4.74 Å². The number of benzene rings is 1. The van der Waals surface area contributed by atoms with E-state index >= 15 is 0 Å². The lowest BCUT2D eigenvalue weighted by Gasteiger charge is -2.09. The van der Waals surface area contributed by atoms with Gasteiger partial charge in [0.05, 0.1) is 12.0 Å². The van der Waals surface area contributed by atoms with Gasteiger partial charge in [-0.3, -0.25) is 0 Å². The summed E-state index contributed by atoms with van der Waals surface area (Å²) in [7, 11) is -1.95. The summed E-state index contributed by atoms with van der Waals surface area (Å²) < 4.78 is 31.3. The second kappa shape index (κ2) is 5.68. The van der Waals surface area contributed by atoms with Crippen molar-refractivity contribution in [2.75, 3.05) is 13.7 Å². The van der Waals surface area contributed by atoms with Gasteiger partial charge in [0.25, 0.3) is 0 Å². The van der Waals surface area contributed by atoms with Gasteiger partial charge in [-0.15, -0.1) is 5.73 Å². The van der Waals surface area contributed by atoms with E-state index in [-0.39, 0.29) is 11.4 Å². The molecule has 0 fully saturated rings. The van der Waals surface area contributed by atoms with Crippen molar-refractivity contribution >= 4 is 10.0 Å². The summed E-state index contributed by atoms with van der Waals surface area (Å²) in [6.07, 6.45) is 1.51. The molecule has 17 heavy (non-hydrogen) atoms. The van der Waals surface area contributed by atoms with Crippen molar-refractivity contribution in [3.8, 4) is 5.75 Å². The third-order valence-electron chi connectivity index (χ3n) is 2.19. The molecule has 92 valence electrons. The molecule has 0 bridgehead atoms. The third-order valence-corrected chi connectivity index (χ3v) is 3.78. The molecule has 1 aromatic rings. The normalized spacial score (nSPS) is 10.7. The first-order valence-corrected chi connectivity index (χ1v) is 6.48. The van der Waals surface area contributed by atoms with Crippen molar-refractivity contribution < 1.29 is 13.2 Å². The minimum atomic E-state index is -3.49. The van der Waals surface area contributed by atoms with E-state index < -0.39 is 10.0 Å². The van der Waals surface area contributed by atoms with E-state index in [0.29, 0.717) is 11.3 Å². The van der Waals surface area contributed by atoms with Gasteiger partial charge < -0.3 is 4.74 Å². The Balaban J connectivity index is 3.02. The van der Waals surface area contributed by atoms with Crippen molar-refractivity contribution in [1.82, 2.24) is 4.72 Å². The summed E-state index contributed by atoms with van der Waals surface area (Å²) >= 11 is 0. The van der Waals surface area contributed by atoms with Gasteiger partial charge in [0.15, 0.2) is 0 Å². The van der Waals surface area contributed by atoms with Crippen LogP contribution in [-0.4, -0.2) is 22.1 Å². The molecule has 0 aliphatic heterocycles. The van der Waals surface area contributed by atoms with Crippen molar-refractivity contribution in [3.63, 3.8) is 0 Å². The summed E-state index contributed by atoms with van der Waals surface area (Å²) in [6, 6.07) is 4.82. The lowest BCUT2D eigenvalue weighted by molar-refractivity contribution is 0.414. The molecule has 0 saturated heterocycles. The first kappa shape index (κ1) is 13.5. The molecular weight excluding hydrogens is 238 g/mol. The molecule has 0 radical (unpaired) electrons. The molecule has 5 heteroatoms. The van der Waals surface area contributed by atoms with Gasteiger partial charge in [0.1, 0.15) is 5.75 Å². The Kier molecular flexibility index (Phi) is 4.52. The first-order chi connectivity index (χ1) is 8.01. The number of rotatable bonds is 5. The maximum absolute atomic E-state index is 11.9. The number of hydrogen-bond acceptors (Lipinski definition) is 3. The van der Waals surface area contributed by atoms with Crippen LogP contribution in [0.2, 0.25) is 0 Å². The summed E-state index contributed by atoms with van der Waals surface area (Å²) in [5.41, 5.74) is 3.14. The smallest absolute Gasteiger partial charge is 0.241 e. The fourth-order valence-electron chi connectivity index (χ4n) is 1.35. The van der Waals surface area contributed by atoms with E-state index in [0.717, 1.165) is 0 Å². The molecule has 0 spiro atoms. The number of aryl methyl sites for hydroxylation is 1. The highest BCUT2D eigenvalue weighted by Crippen LogP contribution is 2.20. The molecular formula is C12H15NO3S. The van der Waals surface area contributed by atoms with Crippen LogP contribution < -0.4 is 9.46 Å². The average molecular weight is 253 g/mol. The molecule has 0 unspecified atom stereocenters. The topological polar surface area (TPSA) is 55.4 Å². The fraction of sp³-hybridized carbons (Fsp3) is 0.250. The zero-order chi connectivity index (χ0) is 12.9. The minimum Gasteiger partial charge on any atom is -0.497 e. The Hall–Kier alpha value is -1.55. The van der Waals surface area contributed by atoms with Crippen molar-refractivity contribution in [2.24, 2.45) is 0 Å². The molecule has 1 aromatic carbocycles.